The fraction of sp³-hybridized carbons (Fsp3) is 0.188. The summed E-state index contributed by atoms with van der Waals surface area (Å²) in [7, 11) is 0. The lowest BCUT2D eigenvalue weighted by molar-refractivity contribution is 0.0952. The number of nitrogens with one attached hydrogen (secondary N) is 1. The molecule has 2 aromatic carbocycles. The minimum absolute atomic E-state index is 0.132. The summed E-state index contributed by atoms with van der Waals surface area (Å²) in [6.45, 7) is 0.964. The average Bonchev–Trinajstić information content (AvgIpc) is 2.47. The first-order valence-corrected chi connectivity index (χ1v) is 6.68. The van der Waals surface area contributed by atoms with E-state index in [0.717, 1.165) is 11.8 Å². The lowest BCUT2D eigenvalue weighted by Gasteiger charge is -2.08. The molecule has 0 bridgehead atoms. The van der Waals surface area contributed by atoms with Crippen LogP contribution in [0.15, 0.2) is 48.5 Å². The Kier molecular flexibility index (Phi) is 5.15. The van der Waals surface area contributed by atoms with Crippen LogP contribution in [0.5, 0.6) is 5.75 Å². The number of halogens is 1. The van der Waals surface area contributed by atoms with Gasteiger partial charge in [0, 0.05) is 12.2 Å². The minimum Gasteiger partial charge on any atom is -0.494 e. The lowest BCUT2D eigenvalue weighted by atomic mass is 10.1. The van der Waals surface area contributed by atoms with Crippen LogP contribution >= 0.6 is 0 Å². The molecule has 0 radical (unpaired) electrons. The van der Waals surface area contributed by atoms with Crippen molar-refractivity contribution in [3.63, 3.8) is 0 Å². The molecule has 2 aromatic rings. The van der Waals surface area contributed by atoms with E-state index in [4.69, 9.17) is 10.5 Å². The molecule has 0 fully saturated rings. The van der Waals surface area contributed by atoms with Gasteiger partial charge in [0.2, 0.25) is 0 Å². The van der Waals surface area contributed by atoms with Gasteiger partial charge in [-0.15, -0.1) is 0 Å². The number of carbonyl (C=O) groups excluding carboxylic acids is 1. The van der Waals surface area contributed by atoms with Gasteiger partial charge in [0.15, 0.2) is 0 Å². The van der Waals surface area contributed by atoms with Crippen molar-refractivity contribution in [2.45, 2.75) is 6.42 Å². The summed E-state index contributed by atoms with van der Waals surface area (Å²) < 4.78 is 18.4. The topological polar surface area (TPSA) is 64.4 Å². The predicted molar refractivity (Wildman–Crippen MR) is 79.7 cm³/mol. The van der Waals surface area contributed by atoms with Crippen LogP contribution in [0.4, 0.5) is 10.1 Å². The number of ether oxygens (including phenoxy) is 1. The zero-order chi connectivity index (χ0) is 15.1. The largest absolute Gasteiger partial charge is 0.494 e. The zero-order valence-electron chi connectivity index (χ0n) is 11.5. The van der Waals surface area contributed by atoms with Crippen molar-refractivity contribution in [2.75, 3.05) is 18.9 Å². The molecule has 0 saturated heterocycles. The Balaban J connectivity index is 1.72. The van der Waals surface area contributed by atoms with Crippen LogP contribution in [-0.4, -0.2) is 19.1 Å². The van der Waals surface area contributed by atoms with Crippen molar-refractivity contribution in [1.82, 2.24) is 5.32 Å². The predicted octanol–water partition coefficient (Wildman–Crippen LogP) is 2.61. The third-order valence-corrected chi connectivity index (χ3v) is 2.88. The second-order valence-electron chi connectivity index (χ2n) is 4.50. The third-order valence-electron chi connectivity index (χ3n) is 2.88. The van der Waals surface area contributed by atoms with Crippen LogP contribution < -0.4 is 15.8 Å². The summed E-state index contributed by atoms with van der Waals surface area (Å²) in [5.74, 6) is 0.0270. The number of nitrogen functional groups attached to an aromatic ring is 1. The second kappa shape index (κ2) is 7.28. The fourth-order valence-electron chi connectivity index (χ4n) is 1.82. The molecule has 0 heterocycles. The quantitative estimate of drug-likeness (QED) is 0.634. The molecule has 1 amide bonds. The molecule has 0 saturated carbocycles. The maximum absolute atomic E-state index is 12.9. The summed E-state index contributed by atoms with van der Waals surface area (Å²) in [5, 5.41) is 2.72. The highest BCUT2D eigenvalue weighted by Gasteiger charge is 2.09. The summed E-state index contributed by atoms with van der Waals surface area (Å²) in [6.07, 6.45) is 0.668. The number of para-hydroxylation sites is 1. The molecule has 0 atom stereocenters. The smallest absolute Gasteiger partial charge is 0.253 e. The number of carbonyl (C=O) groups is 1. The van der Waals surface area contributed by atoms with Crippen LogP contribution in [0.25, 0.3) is 0 Å². The molecular formula is C16H17FN2O2. The summed E-state index contributed by atoms with van der Waals surface area (Å²) in [4.78, 5) is 11.9. The molecular weight excluding hydrogens is 271 g/mol. The van der Waals surface area contributed by atoms with E-state index in [2.05, 4.69) is 5.32 Å². The van der Waals surface area contributed by atoms with E-state index < -0.39 is 5.82 Å². The molecule has 21 heavy (non-hydrogen) atoms. The first-order chi connectivity index (χ1) is 10.2. The van der Waals surface area contributed by atoms with Gasteiger partial charge in [-0.05, 0) is 36.8 Å². The van der Waals surface area contributed by atoms with Crippen molar-refractivity contribution in [3.05, 3.63) is 59.9 Å². The highest BCUT2D eigenvalue weighted by Crippen LogP contribution is 2.13. The van der Waals surface area contributed by atoms with Crippen LogP contribution in [0.3, 0.4) is 0 Å². The van der Waals surface area contributed by atoms with Gasteiger partial charge < -0.3 is 15.8 Å². The summed E-state index contributed by atoms with van der Waals surface area (Å²) >= 11 is 0. The summed E-state index contributed by atoms with van der Waals surface area (Å²) in [6, 6.07) is 13.2. The van der Waals surface area contributed by atoms with Crippen molar-refractivity contribution in [1.29, 1.82) is 0 Å². The molecule has 3 N–H and O–H groups in total. The van der Waals surface area contributed by atoms with E-state index in [9.17, 15) is 9.18 Å². The van der Waals surface area contributed by atoms with Crippen LogP contribution in [0.1, 0.15) is 16.8 Å². The highest BCUT2D eigenvalue weighted by molar-refractivity contribution is 5.99. The van der Waals surface area contributed by atoms with Crippen LogP contribution in [0.2, 0.25) is 0 Å². The van der Waals surface area contributed by atoms with E-state index in [0.29, 0.717) is 19.6 Å². The maximum Gasteiger partial charge on any atom is 0.253 e. The van der Waals surface area contributed by atoms with Gasteiger partial charge in [0.25, 0.3) is 5.91 Å². The Bertz CT molecular complexity index is 602. The average molecular weight is 288 g/mol. The molecule has 110 valence electrons. The van der Waals surface area contributed by atoms with E-state index in [1.165, 1.54) is 12.1 Å². The van der Waals surface area contributed by atoms with Gasteiger partial charge >= 0.3 is 0 Å². The third kappa shape index (κ3) is 4.49. The Hall–Kier alpha value is -2.56. The molecule has 0 unspecified atom stereocenters. The lowest BCUT2D eigenvalue weighted by Crippen LogP contribution is -2.26. The van der Waals surface area contributed by atoms with E-state index in [1.807, 2.05) is 30.3 Å². The molecule has 2 rings (SSSR count). The normalized spacial score (nSPS) is 10.1. The van der Waals surface area contributed by atoms with E-state index in [-0.39, 0.29) is 17.2 Å². The molecule has 0 aliphatic rings. The first-order valence-electron chi connectivity index (χ1n) is 6.68. The number of rotatable bonds is 6. The molecule has 0 aliphatic carbocycles. The fourth-order valence-corrected chi connectivity index (χ4v) is 1.82. The Morgan fingerprint density at radius 2 is 1.95 bits per heavy atom. The molecule has 5 heteroatoms. The molecule has 0 aliphatic heterocycles. The molecule has 0 spiro atoms. The Morgan fingerprint density at radius 3 is 2.67 bits per heavy atom. The van der Waals surface area contributed by atoms with Crippen molar-refractivity contribution < 1.29 is 13.9 Å². The second-order valence-corrected chi connectivity index (χ2v) is 4.50. The minimum atomic E-state index is -0.458. The highest BCUT2D eigenvalue weighted by atomic mass is 19.1. The van der Waals surface area contributed by atoms with Crippen LogP contribution in [0, 0.1) is 5.82 Å². The number of hydrogen-bond donors (Lipinski definition) is 2. The van der Waals surface area contributed by atoms with Gasteiger partial charge in [-0.25, -0.2) is 4.39 Å². The van der Waals surface area contributed by atoms with Crippen molar-refractivity contribution in [3.8, 4) is 5.75 Å². The number of amides is 1. The van der Waals surface area contributed by atoms with Gasteiger partial charge in [-0.1, -0.05) is 18.2 Å². The summed E-state index contributed by atoms with van der Waals surface area (Å²) in [5.41, 5.74) is 6.01. The van der Waals surface area contributed by atoms with Crippen molar-refractivity contribution >= 4 is 11.6 Å². The number of anilines is 1. The Labute approximate surface area is 122 Å². The Morgan fingerprint density at radius 1 is 1.19 bits per heavy atom. The van der Waals surface area contributed by atoms with Gasteiger partial charge in [0.1, 0.15) is 11.6 Å². The number of nitrogens with two attached hydrogens (primary N) is 1. The monoisotopic (exact) mass is 288 g/mol. The standard InChI is InChI=1S/C16H17FN2O2/c17-12-7-8-14(15(18)11-12)16(20)19-9-4-10-21-13-5-2-1-3-6-13/h1-3,5-8,11H,4,9-10,18H2,(H,19,20). The van der Waals surface area contributed by atoms with E-state index in [1.54, 1.807) is 0 Å². The molecule has 0 aromatic heterocycles. The first kappa shape index (κ1) is 14.8. The molecule has 4 nitrogen and oxygen atoms in total. The van der Waals surface area contributed by atoms with Crippen molar-refractivity contribution in [2.24, 2.45) is 0 Å². The van der Waals surface area contributed by atoms with Gasteiger partial charge in [-0.2, -0.15) is 0 Å². The SMILES string of the molecule is Nc1cc(F)ccc1C(=O)NCCCOc1ccccc1. The number of benzene rings is 2. The number of hydrogen-bond acceptors (Lipinski definition) is 3. The van der Waals surface area contributed by atoms with Gasteiger partial charge in [-0.3, -0.25) is 4.79 Å². The zero-order valence-corrected chi connectivity index (χ0v) is 11.5. The maximum atomic E-state index is 12.9. The van der Waals surface area contributed by atoms with Gasteiger partial charge in [0.05, 0.1) is 12.2 Å². The van der Waals surface area contributed by atoms with Crippen LogP contribution in [-0.2, 0) is 0 Å². The van der Waals surface area contributed by atoms with E-state index >= 15 is 0 Å².